The van der Waals surface area contributed by atoms with Gasteiger partial charge in [-0.15, -0.1) is 21.5 Å². The molecule has 23 heavy (non-hydrogen) atoms. The first-order valence-electron chi connectivity index (χ1n) is 7.03. The Hall–Kier alpha value is -2.73. The predicted octanol–water partition coefficient (Wildman–Crippen LogP) is 4.12. The Morgan fingerprint density at radius 2 is 2.04 bits per heavy atom. The molecule has 0 saturated heterocycles. The van der Waals surface area contributed by atoms with Crippen LogP contribution >= 0.6 is 11.3 Å². The van der Waals surface area contributed by atoms with Crippen LogP contribution in [0.2, 0.25) is 0 Å². The van der Waals surface area contributed by atoms with E-state index in [2.05, 4.69) is 10.2 Å². The molecule has 0 fully saturated rings. The molecule has 3 rings (SSSR count). The zero-order chi connectivity index (χ0) is 16.1. The number of hydrogen-bond acceptors (Lipinski definition) is 6. The Bertz CT molecular complexity index is 794. The van der Waals surface area contributed by atoms with Crippen LogP contribution in [0.4, 0.5) is 0 Å². The van der Waals surface area contributed by atoms with Gasteiger partial charge in [-0.05, 0) is 36.6 Å². The van der Waals surface area contributed by atoms with E-state index in [9.17, 15) is 4.79 Å². The number of nitrogens with zero attached hydrogens (tertiary/aromatic N) is 2. The Morgan fingerprint density at radius 3 is 2.78 bits per heavy atom. The van der Waals surface area contributed by atoms with Crippen LogP contribution in [0.25, 0.3) is 17.5 Å². The van der Waals surface area contributed by atoms with Crippen LogP contribution < -0.4 is 0 Å². The summed E-state index contributed by atoms with van der Waals surface area (Å²) in [6.07, 6.45) is 2.49. The summed E-state index contributed by atoms with van der Waals surface area (Å²) >= 11 is 1.55. The van der Waals surface area contributed by atoms with Crippen molar-refractivity contribution >= 4 is 23.4 Å². The van der Waals surface area contributed by atoms with Gasteiger partial charge in [-0.1, -0.05) is 24.3 Å². The van der Waals surface area contributed by atoms with Gasteiger partial charge in [0.15, 0.2) is 6.10 Å². The van der Waals surface area contributed by atoms with Crippen molar-refractivity contribution in [2.45, 2.75) is 13.0 Å². The molecule has 3 aromatic rings. The van der Waals surface area contributed by atoms with Gasteiger partial charge in [0.05, 0.1) is 0 Å². The molecule has 0 aliphatic rings. The third-order valence-electron chi connectivity index (χ3n) is 3.03. The fourth-order valence-electron chi connectivity index (χ4n) is 1.90. The summed E-state index contributed by atoms with van der Waals surface area (Å²) in [6.45, 7) is 1.69. The maximum Gasteiger partial charge on any atom is 0.331 e. The molecule has 6 heteroatoms. The molecule has 0 radical (unpaired) electrons. The first kappa shape index (κ1) is 15.2. The summed E-state index contributed by atoms with van der Waals surface area (Å²) < 4.78 is 10.8. The third kappa shape index (κ3) is 3.92. The highest BCUT2D eigenvalue weighted by Gasteiger charge is 2.17. The van der Waals surface area contributed by atoms with Crippen molar-refractivity contribution in [3.63, 3.8) is 0 Å². The molecule has 0 aliphatic heterocycles. The van der Waals surface area contributed by atoms with Gasteiger partial charge >= 0.3 is 5.97 Å². The maximum atomic E-state index is 11.8. The smallest absolute Gasteiger partial charge is 0.331 e. The fraction of sp³-hybridized carbons (Fsp3) is 0.118. The highest BCUT2D eigenvalue weighted by Crippen LogP contribution is 2.22. The monoisotopic (exact) mass is 326 g/mol. The minimum absolute atomic E-state index is 0.265. The van der Waals surface area contributed by atoms with Gasteiger partial charge < -0.3 is 9.15 Å². The highest BCUT2D eigenvalue weighted by atomic mass is 32.1. The van der Waals surface area contributed by atoms with Crippen LogP contribution in [0.5, 0.6) is 0 Å². The van der Waals surface area contributed by atoms with Crippen molar-refractivity contribution in [1.29, 1.82) is 0 Å². The van der Waals surface area contributed by atoms with E-state index in [1.165, 1.54) is 6.08 Å². The second-order valence-electron chi connectivity index (χ2n) is 4.74. The van der Waals surface area contributed by atoms with E-state index in [1.807, 2.05) is 47.8 Å². The van der Waals surface area contributed by atoms with Crippen molar-refractivity contribution in [3.05, 3.63) is 64.7 Å². The molecule has 5 nitrogen and oxygen atoms in total. The number of rotatable bonds is 5. The molecule has 2 aromatic heterocycles. The first-order valence-corrected chi connectivity index (χ1v) is 7.91. The molecular weight excluding hydrogens is 312 g/mol. The van der Waals surface area contributed by atoms with Gasteiger partial charge in [-0.2, -0.15) is 0 Å². The topological polar surface area (TPSA) is 65.2 Å². The largest absolute Gasteiger partial charge is 0.449 e. The zero-order valence-corrected chi connectivity index (χ0v) is 13.2. The van der Waals surface area contributed by atoms with Gasteiger partial charge in [0.25, 0.3) is 5.89 Å². The van der Waals surface area contributed by atoms with Crippen LogP contribution in [0.15, 0.2) is 58.3 Å². The number of ether oxygens (including phenoxy) is 1. The molecule has 0 aliphatic carbocycles. The molecule has 0 amide bonds. The van der Waals surface area contributed by atoms with Crippen molar-refractivity contribution in [2.24, 2.45) is 0 Å². The van der Waals surface area contributed by atoms with Crippen molar-refractivity contribution < 1.29 is 13.9 Å². The van der Waals surface area contributed by atoms with Gasteiger partial charge in [0.2, 0.25) is 5.89 Å². The minimum atomic E-state index is -0.611. The lowest BCUT2D eigenvalue weighted by Gasteiger charge is -2.06. The predicted molar refractivity (Wildman–Crippen MR) is 87.6 cm³/mol. The molecule has 0 spiro atoms. The summed E-state index contributed by atoms with van der Waals surface area (Å²) in [4.78, 5) is 12.8. The quantitative estimate of drug-likeness (QED) is 0.521. The molecule has 1 aromatic carbocycles. The average Bonchev–Trinajstić information content (AvgIpc) is 3.25. The van der Waals surface area contributed by atoms with E-state index >= 15 is 0 Å². The standard InChI is InChI=1S/C17H14N2O3S/c1-12(21-15(20)10-9-14-8-5-11-23-14)16-18-19-17(22-16)13-6-3-2-4-7-13/h2-12H,1H3/b10-9+/t12-/m1/s1. The lowest BCUT2D eigenvalue weighted by molar-refractivity contribution is -0.143. The number of benzene rings is 1. The highest BCUT2D eigenvalue weighted by molar-refractivity contribution is 7.10. The molecule has 0 bridgehead atoms. The Morgan fingerprint density at radius 1 is 1.22 bits per heavy atom. The SMILES string of the molecule is C[C@@H](OC(=O)/C=C/c1cccs1)c1nnc(-c2ccccc2)o1. The Kier molecular flexibility index (Phi) is 4.63. The van der Waals surface area contributed by atoms with Crippen LogP contribution in [-0.2, 0) is 9.53 Å². The molecule has 0 saturated carbocycles. The van der Waals surface area contributed by atoms with E-state index in [0.717, 1.165) is 10.4 Å². The van der Waals surface area contributed by atoms with Gasteiger partial charge in [-0.25, -0.2) is 4.79 Å². The van der Waals surface area contributed by atoms with Crippen molar-refractivity contribution in [2.75, 3.05) is 0 Å². The van der Waals surface area contributed by atoms with Gasteiger partial charge in [0.1, 0.15) is 0 Å². The van der Waals surface area contributed by atoms with Crippen LogP contribution in [0, 0.1) is 0 Å². The summed E-state index contributed by atoms with van der Waals surface area (Å²) in [7, 11) is 0. The van der Waals surface area contributed by atoms with Gasteiger partial charge in [-0.3, -0.25) is 0 Å². The number of hydrogen-bond donors (Lipinski definition) is 0. The Balaban J connectivity index is 1.63. The third-order valence-corrected chi connectivity index (χ3v) is 3.87. The number of aromatic nitrogens is 2. The summed E-state index contributed by atoms with van der Waals surface area (Å²) in [5, 5.41) is 9.86. The Labute approximate surface area is 137 Å². The van der Waals surface area contributed by atoms with Gasteiger partial charge in [0, 0.05) is 16.5 Å². The lowest BCUT2D eigenvalue weighted by Crippen LogP contribution is -2.06. The van der Waals surface area contributed by atoms with E-state index in [0.29, 0.717) is 5.89 Å². The second kappa shape index (κ2) is 7.02. The van der Waals surface area contributed by atoms with E-state index in [1.54, 1.807) is 24.3 Å². The molecular formula is C17H14N2O3S. The minimum Gasteiger partial charge on any atom is -0.449 e. The number of carbonyl (C=O) groups is 1. The van der Waals surface area contributed by atoms with Crippen molar-refractivity contribution in [3.8, 4) is 11.5 Å². The van der Waals surface area contributed by atoms with Crippen LogP contribution in [0.3, 0.4) is 0 Å². The maximum absolute atomic E-state index is 11.8. The van der Waals surface area contributed by atoms with E-state index < -0.39 is 12.1 Å². The first-order chi connectivity index (χ1) is 11.2. The number of esters is 1. The molecule has 2 heterocycles. The molecule has 116 valence electrons. The van der Waals surface area contributed by atoms with Crippen LogP contribution in [0.1, 0.15) is 23.8 Å². The molecule has 0 N–H and O–H groups in total. The number of thiophene rings is 1. The zero-order valence-electron chi connectivity index (χ0n) is 12.4. The fourth-order valence-corrected chi connectivity index (χ4v) is 2.51. The second-order valence-corrected chi connectivity index (χ2v) is 5.72. The number of carbonyl (C=O) groups excluding carboxylic acids is 1. The average molecular weight is 326 g/mol. The normalized spacial score (nSPS) is 12.4. The van der Waals surface area contributed by atoms with Crippen molar-refractivity contribution in [1.82, 2.24) is 10.2 Å². The molecule has 0 unspecified atom stereocenters. The summed E-state index contributed by atoms with van der Waals surface area (Å²) in [5.41, 5.74) is 0.822. The van der Waals surface area contributed by atoms with E-state index in [4.69, 9.17) is 9.15 Å². The van der Waals surface area contributed by atoms with Crippen LogP contribution in [-0.4, -0.2) is 16.2 Å². The summed E-state index contributed by atoms with van der Waals surface area (Å²) in [5.74, 6) is 0.213. The summed E-state index contributed by atoms with van der Waals surface area (Å²) in [6, 6.07) is 13.3. The van der Waals surface area contributed by atoms with E-state index in [-0.39, 0.29) is 5.89 Å². The molecule has 1 atom stereocenters. The lowest BCUT2D eigenvalue weighted by atomic mass is 10.2.